The number of para-hydroxylation sites is 8. The molecular weight excluding hydrogens is 1170 g/mol. The summed E-state index contributed by atoms with van der Waals surface area (Å²) in [5.41, 5.74) is -0.636. The fourth-order valence-corrected chi connectivity index (χ4v) is 11.6. The Bertz CT molecular complexity index is 4330. The molecule has 0 N–H and O–H groups in total. The number of rotatable bonds is 17. The quantitative estimate of drug-likeness (QED) is 0.0839. The van der Waals surface area contributed by atoms with Crippen LogP contribution in [0.1, 0.15) is 5.56 Å². The zero-order valence-electron chi connectivity index (χ0n) is 46.8. The van der Waals surface area contributed by atoms with Crippen molar-refractivity contribution in [2.45, 2.75) is 16.7 Å². The van der Waals surface area contributed by atoms with Gasteiger partial charge < -0.3 is 24.5 Å². The number of halogens is 10. The normalized spacial score (nSPS) is 11.1. The smallest absolute Gasteiger partial charge is 0.150 e. The fourth-order valence-electron chi connectivity index (χ4n) is 10.6. The number of benzene rings is 12. The first-order valence-electron chi connectivity index (χ1n) is 27.7. The van der Waals surface area contributed by atoms with Crippen LogP contribution in [0.4, 0.5) is 129 Å². The van der Waals surface area contributed by atoms with Crippen LogP contribution in [-0.2, 0) is 0 Å². The summed E-state index contributed by atoms with van der Waals surface area (Å²) < 4.78 is 165. The van der Waals surface area contributed by atoms with Crippen LogP contribution < -0.4 is 24.5 Å². The van der Waals surface area contributed by atoms with Gasteiger partial charge >= 0.3 is 0 Å². The SMILES string of the molecule is Cc1ccc(N(c2cc(Sc3cccc(N(c4cc(N(c5ccccc5)c5c(F)cccc5F)cc(N(c5ccccc5)c5c(F)cccc5F)c4)c4c(F)cccc4F)c3)cc(N(c3ccccc3)c3c(F)cccc3F)c2)c2c(F)cccc2F)cc1. The van der Waals surface area contributed by atoms with Gasteiger partial charge in [0.1, 0.15) is 86.6 Å². The maximum atomic E-state index is 17.0. The highest BCUT2D eigenvalue weighted by molar-refractivity contribution is 7.99. The molecule has 0 aliphatic carbocycles. The molecule has 0 saturated carbocycles. The summed E-state index contributed by atoms with van der Waals surface area (Å²) in [6, 6.07) is 63.6. The third-order valence-corrected chi connectivity index (χ3v) is 15.5. The summed E-state index contributed by atoms with van der Waals surface area (Å²) in [5.74, 6) is -9.84. The zero-order chi connectivity index (χ0) is 61.9. The lowest BCUT2D eigenvalue weighted by Crippen LogP contribution is -2.19. The molecule has 16 heteroatoms. The molecule has 0 fully saturated rings. The summed E-state index contributed by atoms with van der Waals surface area (Å²) in [6.45, 7) is 1.85. The minimum Gasteiger partial charge on any atom is -0.305 e. The second kappa shape index (κ2) is 25.3. The number of hydrogen-bond acceptors (Lipinski definition) is 6. The lowest BCUT2D eigenvalue weighted by atomic mass is 10.1. The van der Waals surface area contributed by atoms with Crippen molar-refractivity contribution in [3.8, 4) is 0 Å². The van der Waals surface area contributed by atoms with E-state index < -0.39 is 86.6 Å². The largest absolute Gasteiger partial charge is 0.305 e. The predicted molar refractivity (Wildman–Crippen MR) is 335 cm³/mol. The Labute approximate surface area is 510 Å². The van der Waals surface area contributed by atoms with Gasteiger partial charge in [0.05, 0.1) is 17.1 Å². The van der Waals surface area contributed by atoms with E-state index in [1.165, 1.54) is 79.1 Å². The molecule has 0 atom stereocenters. The first-order chi connectivity index (χ1) is 43.2. The Morgan fingerprint density at radius 3 is 0.719 bits per heavy atom. The average Bonchev–Trinajstić information content (AvgIpc) is 1.13. The van der Waals surface area contributed by atoms with Crippen LogP contribution >= 0.6 is 11.8 Å². The molecule has 0 aromatic heterocycles. The Morgan fingerprint density at radius 2 is 0.427 bits per heavy atom. The highest BCUT2D eigenvalue weighted by Crippen LogP contribution is 2.51. The monoisotopic (exact) mass is 1220 g/mol. The molecule has 0 aliphatic heterocycles. The van der Waals surface area contributed by atoms with Crippen molar-refractivity contribution in [3.05, 3.63) is 331 Å². The van der Waals surface area contributed by atoms with Crippen molar-refractivity contribution in [1.29, 1.82) is 0 Å². The first kappa shape index (κ1) is 58.7. The van der Waals surface area contributed by atoms with Gasteiger partial charge in [-0.2, -0.15) is 0 Å². The fraction of sp³-hybridized carbons (Fsp3) is 0.0137. The molecule has 0 spiro atoms. The van der Waals surface area contributed by atoms with Crippen LogP contribution in [0.15, 0.2) is 277 Å². The number of aryl methyl sites for hydroxylation is 1. The molecule has 0 heterocycles. The minimum atomic E-state index is -1.06. The van der Waals surface area contributed by atoms with Crippen LogP contribution in [0.2, 0.25) is 0 Å². The molecule has 12 rings (SSSR count). The topological polar surface area (TPSA) is 16.2 Å². The van der Waals surface area contributed by atoms with Crippen molar-refractivity contribution in [2.24, 2.45) is 0 Å². The van der Waals surface area contributed by atoms with E-state index in [1.54, 1.807) is 152 Å². The van der Waals surface area contributed by atoms with Crippen LogP contribution in [0.25, 0.3) is 0 Å². The molecule has 0 radical (unpaired) electrons. The Kier molecular flexibility index (Phi) is 16.7. The van der Waals surface area contributed by atoms with Crippen molar-refractivity contribution in [3.63, 3.8) is 0 Å². The molecule has 0 unspecified atom stereocenters. The van der Waals surface area contributed by atoms with Crippen molar-refractivity contribution < 1.29 is 43.9 Å². The molecule has 440 valence electrons. The van der Waals surface area contributed by atoms with Crippen LogP contribution in [0, 0.1) is 65.1 Å². The van der Waals surface area contributed by atoms with Crippen LogP contribution in [0.5, 0.6) is 0 Å². The summed E-state index contributed by atoms with van der Waals surface area (Å²) >= 11 is 1.07. The molecule has 89 heavy (non-hydrogen) atoms. The van der Waals surface area contributed by atoms with Crippen LogP contribution in [0.3, 0.4) is 0 Å². The first-order valence-corrected chi connectivity index (χ1v) is 28.5. The third-order valence-electron chi connectivity index (χ3n) is 14.5. The Hall–Kier alpha value is -10.7. The average molecular weight is 1220 g/mol. The number of hydrogen-bond donors (Lipinski definition) is 0. The van der Waals surface area contributed by atoms with E-state index in [4.69, 9.17) is 0 Å². The highest BCUT2D eigenvalue weighted by Gasteiger charge is 2.31. The summed E-state index contributed by atoms with van der Waals surface area (Å²) in [7, 11) is 0. The lowest BCUT2D eigenvalue weighted by molar-refractivity contribution is 0.584. The molecule has 0 saturated heterocycles. The number of anilines is 15. The van der Waals surface area contributed by atoms with Crippen molar-refractivity contribution in [2.75, 3.05) is 24.5 Å². The van der Waals surface area contributed by atoms with E-state index in [2.05, 4.69) is 0 Å². The maximum Gasteiger partial charge on any atom is 0.150 e. The molecular formula is C73H47F10N5S. The van der Waals surface area contributed by atoms with Crippen LogP contribution in [-0.4, -0.2) is 0 Å². The number of nitrogens with zero attached hydrogens (tertiary/aromatic N) is 5. The lowest BCUT2D eigenvalue weighted by Gasteiger charge is -2.33. The molecule has 0 bridgehead atoms. The molecule has 0 amide bonds. The van der Waals surface area contributed by atoms with E-state index in [-0.39, 0.29) is 45.5 Å². The molecule has 5 nitrogen and oxygen atoms in total. The van der Waals surface area contributed by atoms with Gasteiger partial charge in [0.2, 0.25) is 0 Å². The summed E-state index contributed by atoms with van der Waals surface area (Å²) in [6.07, 6.45) is 0. The standard InChI is InChI=1S/C73H47F10N5S/c1-46-35-37-50(38-36-46)87(72-65(80)31-15-32-66(72)81)56-42-55(86(49-21-9-4-10-22-49)71-63(78)29-14-30-64(71)79)44-58(45-56)89-57-24-11-23-51(43-57)88(73-67(82)33-16-34-68(73)83)54-40-52(84(47-17-5-2-6-18-47)69-59(74)25-12-26-60(69)75)39-53(41-54)85(48-19-7-3-8-20-48)70-61(76)27-13-28-62(70)77/h2-45H,1H3. The van der Waals surface area contributed by atoms with E-state index in [0.29, 0.717) is 21.2 Å². The van der Waals surface area contributed by atoms with E-state index in [0.717, 1.165) is 78.0 Å². The second-order valence-electron chi connectivity index (χ2n) is 20.4. The van der Waals surface area contributed by atoms with Gasteiger partial charge in [0, 0.05) is 49.6 Å². The van der Waals surface area contributed by atoms with Crippen molar-refractivity contribution in [1.82, 2.24) is 0 Å². The Morgan fingerprint density at radius 1 is 0.202 bits per heavy atom. The molecule has 12 aromatic rings. The van der Waals surface area contributed by atoms with Gasteiger partial charge in [-0.3, -0.25) is 0 Å². The van der Waals surface area contributed by atoms with E-state index in [9.17, 15) is 0 Å². The zero-order valence-corrected chi connectivity index (χ0v) is 47.6. The molecule has 12 aromatic carbocycles. The van der Waals surface area contributed by atoms with Gasteiger partial charge in [-0.15, -0.1) is 0 Å². The summed E-state index contributed by atoms with van der Waals surface area (Å²) in [4.78, 5) is 7.07. The van der Waals surface area contributed by atoms with Gasteiger partial charge in [-0.25, -0.2) is 43.9 Å². The minimum absolute atomic E-state index is 0.0410. The van der Waals surface area contributed by atoms with Crippen molar-refractivity contribution >= 4 is 97.1 Å². The Balaban J connectivity index is 1.10. The second-order valence-corrected chi connectivity index (χ2v) is 21.5. The van der Waals surface area contributed by atoms with Gasteiger partial charge in [0.15, 0.2) is 0 Å². The summed E-state index contributed by atoms with van der Waals surface area (Å²) in [5, 5.41) is 0. The third kappa shape index (κ3) is 12.0. The predicted octanol–water partition coefficient (Wildman–Crippen LogP) is 22.9. The molecule has 0 aliphatic rings. The van der Waals surface area contributed by atoms with Gasteiger partial charge in [-0.1, -0.05) is 120 Å². The van der Waals surface area contributed by atoms with E-state index >= 15 is 43.9 Å². The maximum absolute atomic E-state index is 17.0. The van der Waals surface area contributed by atoms with Gasteiger partial charge in [-0.05, 0) is 171 Å². The highest BCUT2D eigenvalue weighted by atomic mass is 32.2. The van der Waals surface area contributed by atoms with Gasteiger partial charge in [0.25, 0.3) is 0 Å². The van der Waals surface area contributed by atoms with E-state index in [1.807, 2.05) is 6.92 Å².